The smallest absolute Gasteiger partial charge is 0.0711 e. The first-order valence-corrected chi connectivity index (χ1v) is 9.49. The summed E-state index contributed by atoms with van der Waals surface area (Å²) < 4.78 is 6.13. The second-order valence-electron chi connectivity index (χ2n) is 6.82. The molecule has 3 N–H and O–H groups in total. The molecule has 0 unspecified atom stereocenters. The zero-order valence-electron chi connectivity index (χ0n) is 14.9. The van der Waals surface area contributed by atoms with E-state index in [9.17, 15) is 0 Å². The van der Waals surface area contributed by atoms with E-state index in [1.807, 2.05) is 25.2 Å². The highest BCUT2D eigenvalue weighted by molar-refractivity contribution is 6.31. The van der Waals surface area contributed by atoms with Crippen LogP contribution < -0.4 is 10.6 Å². The first-order valence-electron chi connectivity index (χ1n) is 9.12. The van der Waals surface area contributed by atoms with Crippen molar-refractivity contribution in [2.45, 2.75) is 25.0 Å². The van der Waals surface area contributed by atoms with Crippen molar-refractivity contribution in [2.75, 3.05) is 25.5 Å². The number of rotatable bonds is 5. The molecular formula is C21H24ClN3O. The normalized spacial score (nSPS) is 20.4. The van der Waals surface area contributed by atoms with Gasteiger partial charge in [0.2, 0.25) is 0 Å². The fourth-order valence-corrected chi connectivity index (χ4v) is 3.79. The van der Waals surface area contributed by atoms with Crippen LogP contribution in [0.2, 0.25) is 5.02 Å². The van der Waals surface area contributed by atoms with Crippen LogP contribution in [0.3, 0.4) is 0 Å². The number of benzene rings is 2. The minimum atomic E-state index is 0.196. The third kappa shape index (κ3) is 3.73. The van der Waals surface area contributed by atoms with E-state index in [2.05, 4.69) is 45.9 Å². The van der Waals surface area contributed by atoms with E-state index < -0.39 is 0 Å². The Kier molecular flexibility index (Phi) is 5.16. The predicted octanol–water partition coefficient (Wildman–Crippen LogP) is 4.53. The number of aryl methyl sites for hydroxylation is 1. The minimum absolute atomic E-state index is 0.196. The predicted molar refractivity (Wildman–Crippen MR) is 108 cm³/mol. The standard InChI is InChI=1S/C21H24ClN3O/c1-23-18-5-3-2-4-14(18)7-9-17-12-24-21(13-26-17)20-10-15-6-8-16(22)11-19(15)25-20/h2-6,8,10-11,17,21,23-25H,7,9,12-13H2,1H3/t17-,21+/m1/s1. The van der Waals surface area contributed by atoms with Gasteiger partial charge in [0, 0.05) is 35.5 Å². The van der Waals surface area contributed by atoms with Gasteiger partial charge in [-0.25, -0.2) is 0 Å². The zero-order chi connectivity index (χ0) is 17.9. The number of ether oxygens (including phenoxy) is 1. The van der Waals surface area contributed by atoms with Gasteiger partial charge in [-0.15, -0.1) is 0 Å². The summed E-state index contributed by atoms with van der Waals surface area (Å²) >= 11 is 6.07. The number of H-pyrrole nitrogens is 1. The van der Waals surface area contributed by atoms with Crippen LogP contribution in [-0.2, 0) is 11.2 Å². The molecule has 4 rings (SSSR count). The number of aromatic amines is 1. The molecule has 1 fully saturated rings. The van der Waals surface area contributed by atoms with Crippen LogP contribution in [0.15, 0.2) is 48.5 Å². The Morgan fingerprint density at radius 1 is 1.19 bits per heavy atom. The summed E-state index contributed by atoms with van der Waals surface area (Å²) in [5.74, 6) is 0. The third-order valence-electron chi connectivity index (χ3n) is 5.09. The summed E-state index contributed by atoms with van der Waals surface area (Å²) in [5, 5.41) is 8.81. The fraction of sp³-hybridized carbons (Fsp3) is 0.333. The molecule has 4 nitrogen and oxygen atoms in total. The lowest BCUT2D eigenvalue weighted by Crippen LogP contribution is -2.41. The zero-order valence-corrected chi connectivity index (χ0v) is 15.6. The Bertz CT molecular complexity index is 884. The molecule has 1 aliphatic rings. The van der Waals surface area contributed by atoms with Crippen LogP contribution in [0.25, 0.3) is 10.9 Å². The summed E-state index contributed by atoms with van der Waals surface area (Å²) in [4.78, 5) is 3.46. The Morgan fingerprint density at radius 3 is 2.88 bits per heavy atom. The van der Waals surface area contributed by atoms with Crippen LogP contribution in [0.4, 0.5) is 5.69 Å². The van der Waals surface area contributed by atoms with E-state index >= 15 is 0 Å². The molecule has 5 heteroatoms. The monoisotopic (exact) mass is 369 g/mol. The van der Waals surface area contributed by atoms with Crippen LogP contribution in [0.5, 0.6) is 0 Å². The average molecular weight is 370 g/mol. The number of halogens is 1. The molecule has 0 aliphatic carbocycles. The Balaban J connectivity index is 1.34. The van der Waals surface area contributed by atoms with Gasteiger partial charge in [-0.3, -0.25) is 0 Å². The number of hydrogen-bond donors (Lipinski definition) is 3. The number of fused-ring (bicyclic) bond motifs is 1. The lowest BCUT2D eigenvalue weighted by molar-refractivity contribution is -0.00112. The van der Waals surface area contributed by atoms with Crippen molar-refractivity contribution in [3.8, 4) is 0 Å². The molecule has 136 valence electrons. The van der Waals surface area contributed by atoms with E-state index in [1.54, 1.807) is 0 Å². The summed E-state index contributed by atoms with van der Waals surface area (Å²) in [5.41, 5.74) is 4.76. The number of anilines is 1. The van der Waals surface area contributed by atoms with Gasteiger partial charge in [-0.2, -0.15) is 0 Å². The summed E-state index contributed by atoms with van der Waals surface area (Å²) in [6.45, 7) is 1.54. The fourth-order valence-electron chi connectivity index (χ4n) is 3.62. The van der Waals surface area contributed by atoms with Gasteiger partial charge in [0.05, 0.1) is 18.8 Å². The van der Waals surface area contributed by atoms with Crippen molar-refractivity contribution in [3.05, 3.63) is 64.8 Å². The third-order valence-corrected chi connectivity index (χ3v) is 5.33. The van der Waals surface area contributed by atoms with E-state index in [0.717, 1.165) is 35.6 Å². The average Bonchev–Trinajstić information content (AvgIpc) is 3.10. The summed E-state index contributed by atoms with van der Waals surface area (Å²) in [6.07, 6.45) is 2.27. The SMILES string of the molecule is CNc1ccccc1CC[C@@H]1CN[C@H](c2cc3ccc(Cl)cc3[nH]2)CO1. The van der Waals surface area contributed by atoms with Gasteiger partial charge >= 0.3 is 0 Å². The van der Waals surface area contributed by atoms with Crippen LogP contribution in [-0.4, -0.2) is 31.3 Å². The van der Waals surface area contributed by atoms with Crippen molar-refractivity contribution in [2.24, 2.45) is 0 Å². The second kappa shape index (κ2) is 7.70. The first-order chi connectivity index (χ1) is 12.7. The van der Waals surface area contributed by atoms with Gasteiger partial charge in [0.15, 0.2) is 0 Å². The highest BCUT2D eigenvalue weighted by atomic mass is 35.5. The summed E-state index contributed by atoms with van der Waals surface area (Å²) in [7, 11) is 1.97. The van der Waals surface area contributed by atoms with E-state index in [0.29, 0.717) is 6.61 Å². The molecule has 0 radical (unpaired) electrons. The number of aromatic nitrogens is 1. The van der Waals surface area contributed by atoms with Crippen molar-refractivity contribution in [1.82, 2.24) is 10.3 Å². The molecule has 1 aliphatic heterocycles. The highest BCUT2D eigenvalue weighted by Gasteiger charge is 2.23. The van der Waals surface area contributed by atoms with Crippen molar-refractivity contribution < 1.29 is 4.74 Å². The first kappa shape index (κ1) is 17.4. The molecule has 2 atom stereocenters. The Morgan fingerprint density at radius 2 is 2.08 bits per heavy atom. The number of para-hydroxylation sites is 1. The molecule has 2 heterocycles. The number of nitrogens with one attached hydrogen (secondary N) is 3. The van der Waals surface area contributed by atoms with Crippen LogP contribution >= 0.6 is 11.6 Å². The van der Waals surface area contributed by atoms with Gasteiger partial charge in [-0.05, 0) is 48.1 Å². The van der Waals surface area contributed by atoms with Crippen molar-refractivity contribution in [1.29, 1.82) is 0 Å². The maximum atomic E-state index is 6.13. The molecule has 2 aromatic carbocycles. The molecule has 1 saturated heterocycles. The topological polar surface area (TPSA) is 49.1 Å². The molecule has 3 aromatic rings. The molecule has 1 aromatic heterocycles. The second-order valence-corrected chi connectivity index (χ2v) is 7.25. The largest absolute Gasteiger partial charge is 0.388 e. The highest BCUT2D eigenvalue weighted by Crippen LogP contribution is 2.26. The Labute approximate surface area is 158 Å². The van der Waals surface area contributed by atoms with Gasteiger partial charge in [0.25, 0.3) is 0 Å². The number of hydrogen-bond acceptors (Lipinski definition) is 3. The van der Waals surface area contributed by atoms with E-state index in [1.165, 1.54) is 16.6 Å². The van der Waals surface area contributed by atoms with Crippen molar-refractivity contribution >= 4 is 28.2 Å². The maximum absolute atomic E-state index is 6.13. The van der Waals surface area contributed by atoms with E-state index in [-0.39, 0.29) is 12.1 Å². The molecule has 0 spiro atoms. The van der Waals surface area contributed by atoms with E-state index in [4.69, 9.17) is 16.3 Å². The maximum Gasteiger partial charge on any atom is 0.0711 e. The summed E-state index contributed by atoms with van der Waals surface area (Å²) in [6, 6.07) is 16.8. The van der Waals surface area contributed by atoms with Crippen molar-refractivity contribution in [3.63, 3.8) is 0 Å². The lowest BCUT2D eigenvalue weighted by atomic mass is 10.0. The quantitative estimate of drug-likeness (QED) is 0.619. The molecule has 0 amide bonds. The van der Waals surface area contributed by atoms with Crippen LogP contribution in [0, 0.1) is 0 Å². The van der Waals surface area contributed by atoms with Gasteiger partial charge in [-0.1, -0.05) is 35.9 Å². The molecule has 0 saturated carbocycles. The number of morpholine rings is 1. The molecular weight excluding hydrogens is 346 g/mol. The van der Waals surface area contributed by atoms with Gasteiger partial charge in [0.1, 0.15) is 0 Å². The Hall–Kier alpha value is -2.01. The van der Waals surface area contributed by atoms with Gasteiger partial charge < -0.3 is 20.4 Å². The van der Waals surface area contributed by atoms with Crippen LogP contribution in [0.1, 0.15) is 23.7 Å². The molecule has 26 heavy (non-hydrogen) atoms. The lowest BCUT2D eigenvalue weighted by Gasteiger charge is -2.30. The molecule has 0 bridgehead atoms. The minimum Gasteiger partial charge on any atom is -0.388 e.